The number of nitrogens with zero attached hydrogens (tertiary/aromatic N) is 2. The van der Waals surface area contributed by atoms with Crippen molar-refractivity contribution in [2.75, 3.05) is 5.32 Å². The van der Waals surface area contributed by atoms with E-state index in [1.807, 2.05) is 19.1 Å². The first-order valence-electron chi connectivity index (χ1n) is 7.18. The van der Waals surface area contributed by atoms with E-state index in [2.05, 4.69) is 15.3 Å². The number of rotatable bonds is 3. The molecule has 0 radical (unpaired) electrons. The summed E-state index contributed by atoms with van der Waals surface area (Å²) in [7, 11) is 0. The average Bonchev–Trinajstić information content (AvgIpc) is 2.58. The minimum absolute atomic E-state index is 0.275. The molecule has 0 unspecified atom stereocenters. The lowest BCUT2D eigenvalue weighted by atomic mass is 10.2. The van der Waals surface area contributed by atoms with Crippen molar-refractivity contribution in [3.8, 4) is 11.4 Å². The molecule has 2 aromatic carbocycles. The lowest BCUT2D eigenvalue weighted by Gasteiger charge is -2.08. The molecular weight excluding hydrogens is 345 g/mol. The number of amides is 1. The van der Waals surface area contributed by atoms with Crippen LogP contribution in [-0.4, -0.2) is 15.9 Å². The van der Waals surface area contributed by atoms with Gasteiger partial charge in [0.05, 0.1) is 5.56 Å². The molecule has 0 fully saturated rings. The lowest BCUT2D eigenvalue weighted by Crippen LogP contribution is -2.13. The number of nitrogens with one attached hydrogen (secondary N) is 1. The summed E-state index contributed by atoms with van der Waals surface area (Å²) in [4.78, 5) is 20.8. The van der Waals surface area contributed by atoms with E-state index in [1.54, 1.807) is 30.3 Å². The van der Waals surface area contributed by atoms with Crippen molar-refractivity contribution in [3.05, 3.63) is 76.0 Å². The van der Waals surface area contributed by atoms with Gasteiger partial charge in [-0.15, -0.1) is 0 Å². The molecule has 0 aliphatic heterocycles. The van der Waals surface area contributed by atoms with Gasteiger partial charge in [0.2, 0.25) is 0 Å². The summed E-state index contributed by atoms with van der Waals surface area (Å²) in [5.41, 5.74) is 2.79. The summed E-state index contributed by atoms with van der Waals surface area (Å²) in [6, 6.07) is 12.5. The molecule has 0 aliphatic carbocycles. The second kappa shape index (κ2) is 6.99. The van der Waals surface area contributed by atoms with Crippen LogP contribution in [0.2, 0.25) is 10.0 Å². The maximum atomic E-state index is 12.3. The van der Waals surface area contributed by atoms with Gasteiger partial charge in [-0.05, 0) is 55.0 Å². The fourth-order valence-electron chi connectivity index (χ4n) is 2.16. The summed E-state index contributed by atoms with van der Waals surface area (Å²) >= 11 is 11.8. The highest BCUT2D eigenvalue weighted by atomic mass is 35.5. The Balaban J connectivity index is 1.77. The van der Waals surface area contributed by atoms with Crippen LogP contribution in [0.5, 0.6) is 0 Å². The van der Waals surface area contributed by atoms with Gasteiger partial charge in [0, 0.05) is 33.7 Å². The molecule has 120 valence electrons. The van der Waals surface area contributed by atoms with Gasteiger partial charge in [-0.3, -0.25) is 4.79 Å². The minimum atomic E-state index is -0.275. The number of anilines is 1. The third kappa shape index (κ3) is 3.72. The largest absolute Gasteiger partial charge is 0.322 e. The highest BCUT2D eigenvalue weighted by molar-refractivity contribution is 6.31. The van der Waals surface area contributed by atoms with Crippen LogP contribution in [0, 0.1) is 6.92 Å². The monoisotopic (exact) mass is 357 g/mol. The Kier molecular flexibility index (Phi) is 4.79. The maximum absolute atomic E-state index is 12.3. The van der Waals surface area contributed by atoms with Crippen LogP contribution < -0.4 is 5.32 Å². The van der Waals surface area contributed by atoms with Crippen molar-refractivity contribution in [3.63, 3.8) is 0 Å². The summed E-state index contributed by atoms with van der Waals surface area (Å²) < 4.78 is 0. The first kappa shape index (κ1) is 16.4. The second-order valence-electron chi connectivity index (χ2n) is 5.22. The second-order valence-corrected chi connectivity index (χ2v) is 6.09. The molecule has 0 bridgehead atoms. The Morgan fingerprint density at radius 2 is 1.58 bits per heavy atom. The third-order valence-electron chi connectivity index (χ3n) is 3.45. The molecule has 0 aliphatic rings. The van der Waals surface area contributed by atoms with E-state index >= 15 is 0 Å². The molecule has 3 rings (SSSR count). The van der Waals surface area contributed by atoms with Crippen LogP contribution in [0.25, 0.3) is 11.4 Å². The third-order valence-corrected chi connectivity index (χ3v) is 3.94. The predicted octanol–water partition coefficient (Wildman–Crippen LogP) is 5.01. The molecule has 0 atom stereocenters. The first-order valence-corrected chi connectivity index (χ1v) is 7.94. The zero-order chi connectivity index (χ0) is 17.1. The van der Waals surface area contributed by atoms with Crippen LogP contribution in [0.15, 0.2) is 54.9 Å². The number of carbonyl (C=O) groups excluding carboxylic acids is 1. The van der Waals surface area contributed by atoms with Gasteiger partial charge in [-0.1, -0.05) is 23.2 Å². The van der Waals surface area contributed by atoms with Crippen LogP contribution in [0.1, 0.15) is 15.9 Å². The molecular formula is C18H13Cl2N3O. The lowest BCUT2D eigenvalue weighted by molar-refractivity contribution is 0.102. The standard InChI is InChI=1S/C18H13Cl2N3O/c1-11-8-15(20)6-7-16(11)23-18(24)13-9-21-17(22-10-13)12-2-4-14(19)5-3-12/h2-10H,1H3,(H,23,24). The zero-order valence-corrected chi connectivity index (χ0v) is 14.3. The molecule has 3 aromatic rings. The van der Waals surface area contributed by atoms with Crippen molar-refractivity contribution >= 4 is 34.8 Å². The maximum Gasteiger partial charge on any atom is 0.258 e. The molecule has 0 spiro atoms. The fraction of sp³-hybridized carbons (Fsp3) is 0.0556. The Bertz CT molecular complexity index is 878. The topological polar surface area (TPSA) is 54.9 Å². The highest BCUT2D eigenvalue weighted by Gasteiger charge is 2.10. The zero-order valence-electron chi connectivity index (χ0n) is 12.8. The van der Waals surface area contributed by atoms with E-state index < -0.39 is 0 Å². The molecule has 4 nitrogen and oxygen atoms in total. The average molecular weight is 358 g/mol. The Labute approximate surface area is 149 Å². The molecule has 1 N–H and O–H groups in total. The van der Waals surface area contributed by atoms with Gasteiger partial charge < -0.3 is 5.32 Å². The summed E-state index contributed by atoms with van der Waals surface area (Å²) in [6.45, 7) is 1.88. The van der Waals surface area contributed by atoms with Crippen LogP contribution in [-0.2, 0) is 0 Å². The molecule has 0 saturated heterocycles. The van der Waals surface area contributed by atoms with Crippen LogP contribution in [0.3, 0.4) is 0 Å². The van der Waals surface area contributed by atoms with E-state index in [0.29, 0.717) is 27.1 Å². The van der Waals surface area contributed by atoms with Gasteiger partial charge >= 0.3 is 0 Å². The number of hydrogen-bond donors (Lipinski definition) is 1. The quantitative estimate of drug-likeness (QED) is 0.716. The number of aryl methyl sites for hydroxylation is 1. The van der Waals surface area contributed by atoms with Crippen LogP contribution in [0.4, 0.5) is 5.69 Å². The number of aromatic nitrogens is 2. The van der Waals surface area contributed by atoms with Gasteiger partial charge in [-0.2, -0.15) is 0 Å². The van der Waals surface area contributed by atoms with E-state index in [9.17, 15) is 4.79 Å². The summed E-state index contributed by atoms with van der Waals surface area (Å²) in [5, 5.41) is 4.10. The van der Waals surface area contributed by atoms with Gasteiger partial charge in [-0.25, -0.2) is 9.97 Å². The van der Waals surface area contributed by atoms with Crippen molar-refractivity contribution < 1.29 is 4.79 Å². The van der Waals surface area contributed by atoms with E-state index in [0.717, 1.165) is 11.1 Å². The Morgan fingerprint density at radius 3 is 2.21 bits per heavy atom. The normalized spacial score (nSPS) is 10.5. The van der Waals surface area contributed by atoms with E-state index in [4.69, 9.17) is 23.2 Å². The van der Waals surface area contributed by atoms with Gasteiger partial charge in [0.25, 0.3) is 5.91 Å². The molecule has 0 saturated carbocycles. The SMILES string of the molecule is Cc1cc(Cl)ccc1NC(=O)c1cnc(-c2ccc(Cl)cc2)nc1. The highest BCUT2D eigenvalue weighted by Crippen LogP contribution is 2.21. The fourth-order valence-corrected chi connectivity index (χ4v) is 2.51. The van der Waals surface area contributed by atoms with Crippen molar-refractivity contribution in [2.24, 2.45) is 0 Å². The number of benzene rings is 2. The smallest absolute Gasteiger partial charge is 0.258 e. The van der Waals surface area contributed by atoms with Gasteiger partial charge in [0.15, 0.2) is 5.82 Å². The molecule has 6 heteroatoms. The van der Waals surface area contributed by atoms with Crippen molar-refractivity contribution in [2.45, 2.75) is 6.92 Å². The van der Waals surface area contributed by atoms with E-state index in [1.165, 1.54) is 12.4 Å². The Hall–Kier alpha value is -2.43. The van der Waals surface area contributed by atoms with Crippen molar-refractivity contribution in [1.29, 1.82) is 0 Å². The van der Waals surface area contributed by atoms with E-state index in [-0.39, 0.29) is 5.91 Å². The molecule has 1 heterocycles. The number of carbonyl (C=O) groups is 1. The molecule has 24 heavy (non-hydrogen) atoms. The molecule has 1 amide bonds. The summed E-state index contributed by atoms with van der Waals surface area (Å²) in [5.74, 6) is 0.258. The van der Waals surface area contributed by atoms with Gasteiger partial charge in [0.1, 0.15) is 0 Å². The summed E-state index contributed by atoms with van der Waals surface area (Å²) in [6.07, 6.45) is 3.00. The molecule has 1 aromatic heterocycles. The first-order chi connectivity index (χ1) is 11.5. The van der Waals surface area contributed by atoms with Crippen LogP contribution >= 0.6 is 23.2 Å². The minimum Gasteiger partial charge on any atom is -0.322 e. The van der Waals surface area contributed by atoms with Crippen molar-refractivity contribution in [1.82, 2.24) is 9.97 Å². The number of hydrogen-bond acceptors (Lipinski definition) is 3. The predicted molar refractivity (Wildman–Crippen MR) is 96.6 cm³/mol. The number of halogens is 2. The Morgan fingerprint density at radius 1 is 0.958 bits per heavy atom.